The van der Waals surface area contributed by atoms with Crippen LogP contribution in [0.3, 0.4) is 0 Å². The average Bonchev–Trinajstić information content (AvgIpc) is 2.70. The number of non-ortho nitro benzene ring substituents is 1. The number of amides is 1. The highest BCUT2D eigenvalue weighted by Crippen LogP contribution is 2.23. The lowest BCUT2D eigenvalue weighted by Crippen LogP contribution is -2.21. The van der Waals surface area contributed by atoms with Crippen LogP contribution in [-0.2, 0) is 20.7 Å². The van der Waals surface area contributed by atoms with Crippen molar-refractivity contribution >= 4 is 23.3 Å². The third-order valence-corrected chi connectivity index (χ3v) is 3.73. The molecule has 0 saturated carbocycles. The molecule has 0 aliphatic heterocycles. The second-order valence-electron chi connectivity index (χ2n) is 5.74. The fourth-order valence-corrected chi connectivity index (χ4v) is 2.37. The summed E-state index contributed by atoms with van der Waals surface area (Å²) in [6.07, 6.45) is 0.458. The van der Waals surface area contributed by atoms with Gasteiger partial charge in [0.1, 0.15) is 11.5 Å². The van der Waals surface area contributed by atoms with Crippen molar-refractivity contribution in [1.29, 1.82) is 0 Å². The molecule has 0 heterocycles. The summed E-state index contributed by atoms with van der Waals surface area (Å²) in [5.74, 6) is 0.0889. The number of benzene rings is 2. The van der Waals surface area contributed by atoms with Gasteiger partial charge in [-0.3, -0.25) is 19.7 Å². The molecule has 2 aromatic rings. The number of carbonyl (C=O) groups is 2. The number of esters is 1. The fraction of sp³-hybridized carbons (Fsp3) is 0.263. The van der Waals surface area contributed by atoms with Crippen molar-refractivity contribution in [3.63, 3.8) is 0 Å². The first-order valence-electron chi connectivity index (χ1n) is 8.33. The van der Waals surface area contributed by atoms with E-state index in [2.05, 4.69) is 5.32 Å². The van der Waals surface area contributed by atoms with Crippen molar-refractivity contribution in [2.75, 3.05) is 26.1 Å². The summed E-state index contributed by atoms with van der Waals surface area (Å²) in [5, 5.41) is 13.2. The monoisotopic (exact) mass is 388 g/mol. The molecule has 28 heavy (non-hydrogen) atoms. The maximum Gasteiger partial charge on any atom is 0.306 e. The summed E-state index contributed by atoms with van der Waals surface area (Å²) < 4.78 is 15.3. The van der Waals surface area contributed by atoms with Crippen molar-refractivity contribution < 1.29 is 28.7 Å². The molecule has 9 nitrogen and oxygen atoms in total. The van der Waals surface area contributed by atoms with Crippen LogP contribution in [-0.4, -0.2) is 37.6 Å². The zero-order valence-corrected chi connectivity index (χ0v) is 15.5. The lowest BCUT2D eigenvalue weighted by molar-refractivity contribution is -0.384. The molecule has 2 rings (SSSR count). The largest absolute Gasteiger partial charge is 0.497 e. The smallest absolute Gasteiger partial charge is 0.306 e. The SMILES string of the molecule is COc1cc(CCC(=O)OCC(=O)Nc2cccc([N+](=O)[O-])c2)cc(OC)c1. The molecule has 0 fully saturated rings. The summed E-state index contributed by atoms with van der Waals surface area (Å²) in [4.78, 5) is 33.9. The number of nitrogens with one attached hydrogen (secondary N) is 1. The van der Waals surface area contributed by atoms with E-state index in [-0.39, 0.29) is 17.8 Å². The number of nitro groups is 1. The van der Waals surface area contributed by atoms with Crippen molar-refractivity contribution in [3.8, 4) is 11.5 Å². The lowest BCUT2D eigenvalue weighted by atomic mass is 10.1. The van der Waals surface area contributed by atoms with Crippen LogP contribution in [0.5, 0.6) is 11.5 Å². The van der Waals surface area contributed by atoms with Gasteiger partial charge in [-0.05, 0) is 30.2 Å². The Hall–Kier alpha value is -3.62. The van der Waals surface area contributed by atoms with Gasteiger partial charge in [-0.2, -0.15) is 0 Å². The van der Waals surface area contributed by atoms with Crippen LogP contribution in [0.15, 0.2) is 42.5 Å². The topological polar surface area (TPSA) is 117 Å². The first-order valence-corrected chi connectivity index (χ1v) is 8.33. The van der Waals surface area contributed by atoms with Crippen molar-refractivity contribution in [1.82, 2.24) is 0 Å². The molecule has 0 saturated heterocycles. The maximum atomic E-state index is 11.9. The predicted octanol–water partition coefficient (Wildman–Crippen LogP) is 2.73. The number of carbonyl (C=O) groups excluding carboxylic acids is 2. The number of hydrogen-bond donors (Lipinski definition) is 1. The van der Waals surface area contributed by atoms with Gasteiger partial charge < -0.3 is 19.5 Å². The van der Waals surface area contributed by atoms with Gasteiger partial charge >= 0.3 is 5.97 Å². The van der Waals surface area contributed by atoms with Crippen LogP contribution in [0.2, 0.25) is 0 Å². The zero-order chi connectivity index (χ0) is 20.5. The third kappa shape index (κ3) is 6.27. The van der Waals surface area contributed by atoms with E-state index in [1.165, 1.54) is 38.5 Å². The summed E-state index contributed by atoms with van der Waals surface area (Å²) in [6, 6.07) is 10.8. The molecule has 0 unspecified atom stereocenters. The molecule has 0 aromatic heterocycles. The van der Waals surface area contributed by atoms with Crippen LogP contribution in [0.25, 0.3) is 0 Å². The number of hydrogen-bond acceptors (Lipinski definition) is 7. The fourth-order valence-electron chi connectivity index (χ4n) is 2.37. The quantitative estimate of drug-likeness (QED) is 0.399. The van der Waals surface area contributed by atoms with E-state index < -0.39 is 23.4 Å². The van der Waals surface area contributed by atoms with Gasteiger partial charge in [0.25, 0.3) is 11.6 Å². The van der Waals surface area contributed by atoms with Gasteiger partial charge in [0.15, 0.2) is 6.61 Å². The van der Waals surface area contributed by atoms with E-state index in [1.54, 1.807) is 18.2 Å². The molecule has 0 radical (unpaired) electrons. The highest BCUT2D eigenvalue weighted by Gasteiger charge is 2.11. The summed E-state index contributed by atoms with van der Waals surface area (Å²) >= 11 is 0. The molecule has 1 N–H and O–H groups in total. The zero-order valence-electron chi connectivity index (χ0n) is 15.5. The van der Waals surface area contributed by atoms with E-state index in [0.717, 1.165) is 5.56 Å². The highest BCUT2D eigenvalue weighted by molar-refractivity contribution is 5.93. The highest BCUT2D eigenvalue weighted by atomic mass is 16.6. The molecule has 0 atom stereocenters. The molecule has 0 aliphatic carbocycles. The molecule has 0 spiro atoms. The molecule has 0 bridgehead atoms. The molecule has 9 heteroatoms. The Morgan fingerprint density at radius 1 is 1.07 bits per heavy atom. The first-order chi connectivity index (χ1) is 13.4. The average molecular weight is 388 g/mol. The Bertz CT molecular complexity index is 845. The van der Waals surface area contributed by atoms with Crippen LogP contribution in [0, 0.1) is 10.1 Å². The minimum absolute atomic E-state index is 0.0699. The van der Waals surface area contributed by atoms with Gasteiger partial charge in [0.2, 0.25) is 0 Å². The third-order valence-electron chi connectivity index (χ3n) is 3.73. The lowest BCUT2D eigenvalue weighted by Gasteiger charge is -2.09. The summed E-state index contributed by atoms with van der Waals surface area (Å²) in [6.45, 7) is -0.483. The van der Waals surface area contributed by atoms with E-state index in [1.807, 2.05) is 0 Å². The first kappa shape index (κ1) is 20.7. The van der Waals surface area contributed by atoms with Gasteiger partial charge in [-0.15, -0.1) is 0 Å². The number of ether oxygens (including phenoxy) is 3. The Morgan fingerprint density at radius 2 is 1.75 bits per heavy atom. The normalized spacial score (nSPS) is 10.1. The molecular weight excluding hydrogens is 368 g/mol. The van der Waals surface area contributed by atoms with Gasteiger partial charge in [-0.1, -0.05) is 6.07 Å². The number of rotatable bonds is 9. The van der Waals surface area contributed by atoms with Crippen molar-refractivity contribution in [3.05, 3.63) is 58.1 Å². The molecular formula is C19H20N2O7. The second kappa shape index (κ2) is 9.91. The van der Waals surface area contributed by atoms with Crippen LogP contribution >= 0.6 is 0 Å². The van der Waals surface area contributed by atoms with E-state index >= 15 is 0 Å². The number of methoxy groups -OCH3 is 2. The standard InChI is InChI=1S/C19H20N2O7/c1-26-16-8-13(9-17(11-16)27-2)6-7-19(23)28-12-18(22)20-14-4-3-5-15(10-14)21(24)25/h3-5,8-11H,6-7,12H2,1-2H3,(H,20,22). The van der Waals surface area contributed by atoms with Crippen molar-refractivity contribution in [2.24, 2.45) is 0 Å². The molecule has 2 aromatic carbocycles. The van der Waals surface area contributed by atoms with Gasteiger partial charge in [0, 0.05) is 30.3 Å². The predicted molar refractivity (Wildman–Crippen MR) is 101 cm³/mol. The summed E-state index contributed by atoms with van der Waals surface area (Å²) in [5.41, 5.74) is 0.927. The van der Waals surface area contributed by atoms with E-state index in [9.17, 15) is 19.7 Å². The Morgan fingerprint density at radius 3 is 2.36 bits per heavy atom. The van der Waals surface area contributed by atoms with Gasteiger partial charge in [0.05, 0.1) is 19.1 Å². The number of nitrogens with zero attached hydrogens (tertiary/aromatic N) is 1. The van der Waals surface area contributed by atoms with Crippen LogP contribution < -0.4 is 14.8 Å². The summed E-state index contributed by atoms with van der Waals surface area (Å²) in [7, 11) is 3.07. The molecule has 148 valence electrons. The maximum absolute atomic E-state index is 11.9. The molecule has 1 amide bonds. The number of aryl methyl sites for hydroxylation is 1. The Kier molecular flexibility index (Phi) is 7.32. The minimum atomic E-state index is -0.586. The van der Waals surface area contributed by atoms with Crippen LogP contribution in [0.4, 0.5) is 11.4 Å². The van der Waals surface area contributed by atoms with Crippen LogP contribution in [0.1, 0.15) is 12.0 Å². The number of anilines is 1. The minimum Gasteiger partial charge on any atom is -0.497 e. The Balaban J connectivity index is 1.81. The molecule has 0 aliphatic rings. The Labute approximate surface area is 161 Å². The van der Waals surface area contributed by atoms with E-state index in [0.29, 0.717) is 17.9 Å². The number of nitro benzene ring substituents is 1. The van der Waals surface area contributed by atoms with Crippen molar-refractivity contribution in [2.45, 2.75) is 12.8 Å². The van der Waals surface area contributed by atoms with Gasteiger partial charge in [-0.25, -0.2) is 0 Å². The second-order valence-corrected chi connectivity index (χ2v) is 5.74. The van der Waals surface area contributed by atoms with E-state index in [4.69, 9.17) is 14.2 Å².